The van der Waals surface area contributed by atoms with E-state index in [0.29, 0.717) is 19.3 Å². The maximum atomic E-state index is 12.8. The van der Waals surface area contributed by atoms with E-state index in [-0.39, 0.29) is 31.1 Å². The molecule has 0 aliphatic carbocycles. The largest absolute Gasteiger partial charge is 0.462 e. The minimum atomic E-state index is -0.784. The Kier molecular flexibility index (Phi) is 54.3. The zero-order valence-electron chi connectivity index (χ0n) is 45.3. The van der Waals surface area contributed by atoms with E-state index in [1.165, 1.54) is 116 Å². The number of hydrogen-bond donors (Lipinski definition) is 0. The Bertz CT molecular complexity index is 1330. The number of unbranched alkanes of at least 4 members (excludes halogenated alkanes) is 27. The average Bonchev–Trinajstić information content (AvgIpc) is 3.35. The summed E-state index contributed by atoms with van der Waals surface area (Å²) in [5, 5.41) is 0. The number of rotatable bonds is 52. The van der Waals surface area contributed by atoms with Gasteiger partial charge in [0.05, 0.1) is 0 Å². The van der Waals surface area contributed by atoms with Crippen LogP contribution in [0.25, 0.3) is 0 Å². The molecule has 0 fully saturated rings. The molecule has 0 aliphatic rings. The monoisotopic (exact) mass is 961 g/mol. The maximum Gasteiger partial charge on any atom is 0.306 e. The second-order valence-corrected chi connectivity index (χ2v) is 19.2. The summed E-state index contributed by atoms with van der Waals surface area (Å²) in [4.78, 5) is 38.1. The fourth-order valence-corrected chi connectivity index (χ4v) is 8.04. The molecule has 0 aliphatic heterocycles. The van der Waals surface area contributed by atoms with Crippen LogP contribution in [0.15, 0.2) is 85.1 Å². The van der Waals surface area contributed by atoms with Gasteiger partial charge in [0.15, 0.2) is 6.10 Å². The number of carbonyl (C=O) groups excluding carboxylic acids is 3. The minimum absolute atomic E-state index is 0.0839. The number of esters is 3. The second-order valence-electron chi connectivity index (χ2n) is 19.2. The summed E-state index contributed by atoms with van der Waals surface area (Å²) in [6.45, 7) is 6.46. The van der Waals surface area contributed by atoms with Crippen molar-refractivity contribution in [3.63, 3.8) is 0 Å². The normalized spacial score (nSPS) is 12.7. The summed E-state index contributed by atoms with van der Waals surface area (Å²) in [6.07, 6.45) is 74.4. The first-order valence-corrected chi connectivity index (χ1v) is 29.1. The molecular weight excluding hydrogens is 853 g/mol. The van der Waals surface area contributed by atoms with Crippen LogP contribution in [0.2, 0.25) is 0 Å². The molecule has 0 saturated heterocycles. The van der Waals surface area contributed by atoms with Crippen molar-refractivity contribution in [3.8, 4) is 0 Å². The lowest BCUT2D eigenvalue weighted by molar-refractivity contribution is -0.167. The summed E-state index contributed by atoms with van der Waals surface area (Å²) >= 11 is 0. The molecule has 0 rings (SSSR count). The van der Waals surface area contributed by atoms with Crippen LogP contribution in [0.5, 0.6) is 0 Å². The first-order chi connectivity index (χ1) is 34.0. The van der Waals surface area contributed by atoms with Gasteiger partial charge in [0.25, 0.3) is 0 Å². The molecule has 0 saturated carbocycles. The van der Waals surface area contributed by atoms with Crippen molar-refractivity contribution in [2.24, 2.45) is 0 Å². The Morgan fingerprint density at radius 1 is 0.304 bits per heavy atom. The quantitative estimate of drug-likeness (QED) is 0.0262. The lowest BCUT2D eigenvalue weighted by Crippen LogP contribution is -2.30. The Morgan fingerprint density at radius 2 is 0.594 bits per heavy atom. The van der Waals surface area contributed by atoms with Crippen molar-refractivity contribution in [2.45, 2.75) is 284 Å². The maximum absolute atomic E-state index is 12.8. The lowest BCUT2D eigenvalue weighted by atomic mass is 10.0. The van der Waals surface area contributed by atoms with E-state index >= 15 is 0 Å². The SMILES string of the molecule is CC/C=C\C/C=C\C/C=C\C/C=C\C/C=C\C/C=C\CCCCCCCCC(=O)OCC(COC(=O)CCCCCCC/C=C\CCC)OC(=O)CCCCCCCCCCCCCCCCCC. The molecule has 0 radical (unpaired) electrons. The fraction of sp³-hybridized carbons (Fsp3) is 0.730. The molecule has 0 amide bonds. The van der Waals surface area contributed by atoms with Crippen molar-refractivity contribution in [2.75, 3.05) is 13.2 Å². The Labute approximate surface area is 426 Å². The molecule has 0 spiro atoms. The van der Waals surface area contributed by atoms with E-state index in [4.69, 9.17) is 14.2 Å². The lowest BCUT2D eigenvalue weighted by Gasteiger charge is -2.18. The third-order valence-corrected chi connectivity index (χ3v) is 12.4. The molecule has 0 aromatic carbocycles. The predicted octanol–water partition coefficient (Wildman–Crippen LogP) is 19.5. The highest BCUT2D eigenvalue weighted by atomic mass is 16.6. The average molecular weight is 962 g/mol. The van der Waals surface area contributed by atoms with Crippen molar-refractivity contribution in [1.29, 1.82) is 0 Å². The Hall–Kier alpha value is -3.41. The highest BCUT2D eigenvalue weighted by molar-refractivity contribution is 5.71. The molecule has 396 valence electrons. The first-order valence-electron chi connectivity index (χ1n) is 29.1. The van der Waals surface area contributed by atoms with Gasteiger partial charge in [-0.25, -0.2) is 0 Å². The van der Waals surface area contributed by atoms with E-state index < -0.39 is 6.10 Å². The first kappa shape index (κ1) is 65.6. The zero-order valence-corrected chi connectivity index (χ0v) is 45.3. The van der Waals surface area contributed by atoms with Crippen molar-refractivity contribution < 1.29 is 28.6 Å². The minimum Gasteiger partial charge on any atom is -0.462 e. The Balaban J connectivity index is 4.30. The van der Waals surface area contributed by atoms with Crippen molar-refractivity contribution in [1.82, 2.24) is 0 Å². The summed E-state index contributed by atoms with van der Waals surface area (Å²) in [6, 6.07) is 0. The topological polar surface area (TPSA) is 78.9 Å². The molecule has 1 unspecified atom stereocenters. The van der Waals surface area contributed by atoms with Crippen molar-refractivity contribution in [3.05, 3.63) is 85.1 Å². The highest BCUT2D eigenvalue weighted by Crippen LogP contribution is 2.16. The molecule has 69 heavy (non-hydrogen) atoms. The number of carbonyl (C=O) groups is 3. The number of hydrogen-bond acceptors (Lipinski definition) is 6. The fourth-order valence-electron chi connectivity index (χ4n) is 8.04. The highest BCUT2D eigenvalue weighted by Gasteiger charge is 2.19. The molecule has 0 aromatic rings. The van der Waals surface area contributed by atoms with Crippen molar-refractivity contribution >= 4 is 17.9 Å². The smallest absolute Gasteiger partial charge is 0.306 e. The third kappa shape index (κ3) is 55.4. The number of ether oxygens (including phenoxy) is 3. The molecular formula is C63H108O6. The summed E-state index contributed by atoms with van der Waals surface area (Å²) < 4.78 is 16.8. The van der Waals surface area contributed by atoms with Crippen LogP contribution in [0.3, 0.4) is 0 Å². The van der Waals surface area contributed by atoms with Gasteiger partial charge in [0, 0.05) is 19.3 Å². The molecule has 0 N–H and O–H groups in total. The predicted molar refractivity (Wildman–Crippen MR) is 297 cm³/mol. The van der Waals surface area contributed by atoms with Gasteiger partial charge in [-0.15, -0.1) is 0 Å². The second kappa shape index (κ2) is 57.2. The summed E-state index contributed by atoms with van der Waals surface area (Å²) in [5.74, 6) is -0.901. The van der Waals surface area contributed by atoms with E-state index in [1.807, 2.05) is 0 Å². The van der Waals surface area contributed by atoms with E-state index in [1.54, 1.807) is 0 Å². The zero-order chi connectivity index (χ0) is 50.0. The van der Waals surface area contributed by atoms with Crippen LogP contribution in [0.4, 0.5) is 0 Å². The molecule has 0 heterocycles. The third-order valence-electron chi connectivity index (χ3n) is 12.4. The standard InChI is InChI=1S/C63H108O6/c1-4-7-10-13-16-19-22-24-26-28-29-30-31-32-33-34-35-36-38-39-41-44-47-50-53-56-62(65)68-59-60(58-67-61(64)55-52-49-46-43-21-18-15-12-9-6-3)69-63(66)57-54-51-48-45-42-40-37-27-25-23-20-17-14-11-8-5-2/h7,10,12,15-16,19,24,26,29-30,32-33,35-36,60H,4-6,8-9,11,13-14,17-18,20-23,25,27-28,31,34,37-59H2,1-3H3/b10-7-,15-12-,19-16-,26-24-,30-29-,33-32-,36-35-. The van der Waals surface area contributed by atoms with Gasteiger partial charge in [-0.3, -0.25) is 14.4 Å². The van der Waals surface area contributed by atoms with Gasteiger partial charge in [-0.1, -0.05) is 254 Å². The van der Waals surface area contributed by atoms with E-state index in [2.05, 4.69) is 106 Å². The van der Waals surface area contributed by atoms with Crippen LogP contribution < -0.4 is 0 Å². The Morgan fingerprint density at radius 3 is 0.957 bits per heavy atom. The summed E-state index contributed by atoms with van der Waals surface area (Å²) in [7, 11) is 0. The van der Waals surface area contributed by atoms with Gasteiger partial charge in [-0.05, 0) is 89.9 Å². The van der Waals surface area contributed by atoms with Crippen LogP contribution in [0.1, 0.15) is 278 Å². The van der Waals surface area contributed by atoms with Crippen LogP contribution in [0, 0.1) is 0 Å². The summed E-state index contributed by atoms with van der Waals surface area (Å²) in [5.41, 5.74) is 0. The molecule has 0 aromatic heterocycles. The van der Waals surface area contributed by atoms with Gasteiger partial charge in [-0.2, -0.15) is 0 Å². The number of allylic oxidation sites excluding steroid dienone is 14. The van der Waals surface area contributed by atoms with Gasteiger partial charge in [0.1, 0.15) is 13.2 Å². The molecule has 1 atom stereocenters. The van der Waals surface area contributed by atoms with Gasteiger partial charge >= 0.3 is 17.9 Å². The van der Waals surface area contributed by atoms with Crippen LogP contribution in [-0.4, -0.2) is 37.2 Å². The molecule has 6 nitrogen and oxygen atoms in total. The molecule has 0 bridgehead atoms. The van der Waals surface area contributed by atoms with Crippen LogP contribution in [-0.2, 0) is 28.6 Å². The molecule has 6 heteroatoms. The van der Waals surface area contributed by atoms with Crippen LogP contribution >= 0.6 is 0 Å². The van der Waals surface area contributed by atoms with E-state index in [9.17, 15) is 14.4 Å². The van der Waals surface area contributed by atoms with E-state index in [0.717, 1.165) is 122 Å². The van der Waals surface area contributed by atoms with Gasteiger partial charge in [0.2, 0.25) is 0 Å². The van der Waals surface area contributed by atoms with Gasteiger partial charge < -0.3 is 14.2 Å².